The molecule has 0 fully saturated rings. The molecule has 0 aliphatic carbocycles. The second-order valence-electron chi connectivity index (χ2n) is 2.62. The van der Waals surface area contributed by atoms with Crippen LogP contribution in [0.5, 0.6) is 0 Å². The quantitative estimate of drug-likeness (QED) is 0.554. The van der Waals surface area contributed by atoms with Gasteiger partial charge in [-0.05, 0) is 19.9 Å². The van der Waals surface area contributed by atoms with Gasteiger partial charge < -0.3 is 9.15 Å². The van der Waals surface area contributed by atoms with E-state index in [0.29, 0.717) is 0 Å². The fraction of sp³-hybridized carbons (Fsp3) is 0.444. The molecule has 4 heteroatoms. The average molecular weight is 200 g/mol. The molecule has 72 valence electrons. The Bertz CT molecular complexity index is 293. The first kappa shape index (κ1) is 10.2. The molecule has 1 rings (SSSR count). The number of hydrogen-bond donors (Lipinski definition) is 0. The van der Waals surface area contributed by atoms with E-state index in [0.717, 1.165) is 10.7 Å². The molecule has 0 amide bonds. The van der Waals surface area contributed by atoms with Crippen LogP contribution >= 0.6 is 11.8 Å². The summed E-state index contributed by atoms with van der Waals surface area (Å²) in [5.41, 5.74) is 0. The fourth-order valence-corrected chi connectivity index (χ4v) is 1.82. The summed E-state index contributed by atoms with van der Waals surface area (Å²) in [5.74, 6) is 0.617. The number of furan rings is 1. The predicted octanol–water partition coefficient (Wildman–Crippen LogP) is 2.24. The van der Waals surface area contributed by atoms with Gasteiger partial charge in [-0.3, -0.25) is 4.79 Å². The lowest BCUT2D eigenvalue weighted by Gasteiger charge is -2.06. The van der Waals surface area contributed by atoms with Gasteiger partial charge in [0.25, 0.3) is 0 Å². The second-order valence-corrected chi connectivity index (χ2v) is 4.01. The van der Waals surface area contributed by atoms with Crippen LogP contribution in [0.25, 0.3) is 0 Å². The Labute approximate surface area is 81.4 Å². The van der Waals surface area contributed by atoms with Crippen molar-refractivity contribution in [3.8, 4) is 0 Å². The Hall–Kier alpha value is -0.900. The Morgan fingerprint density at radius 2 is 2.38 bits per heavy atom. The zero-order valence-corrected chi connectivity index (χ0v) is 8.68. The van der Waals surface area contributed by atoms with Gasteiger partial charge in [-0.2, -0.15) is 0 Å². The van der Waals surface area contributed by atoms with Crippen LogP contribution in [0.15, 0.2) is 21.6 Å². The number of carbonyl (C=O) groups excluding carboxylic acids is 1. The lowest BCUT2D eigenvalue weighted by atomic mass is 10.5. The van der Waals surface area contributed by atoms with Crippen LogP contribution in [0.2, 0.25) is 0 Å². The van der Waals surface area contributed by atoms with Crippen LogP contribution in [0.1, 0.15) is 12.7 Å². The molecule has 0 saturated heterocycles. The van der Waals surface area contributed by atoms with Crippen molar-refractivity contribution in [1.29, 1.82) is 0 Å². The van der Waals surface area contributed by atoms with Gasteiger partial charge in [0.1, 0.15) is 11.0 Å². The highest BCUT2D eigenvalue weighted by Gasteiger charge is 2.16. The molecule has 0 spiro atoms. The second kappa shape index (κ2) is 4.37. The molecular formula is C9H12O3S. The molecule has 0 N–H and O–H groups in total. The Morgan fingerprint density at radius 1 is 1.69 bits per heavy atom. The third-order valence-corrected chi connectivity index (χ3v) is 2.87. The number of hydrogen-bond acceptors (Lipinski definition) is 4. The molecule has 1 unspecified atom stereocenters. The van der Waals surface area contributed by atoms with Crippen molar-refractivity contribution in [2.24, 2.45) is 0 Å². The van der Waals surface area contributed by atoms with Gasteiger partial charge in [0, 0.05) is 4.90 Å². The number of carbonyl (C=O) groups is 1. The van der Waals surface area contributed by atoms with Gasteiger partial charge >= 0.3 is 5.97 Å². The van der Waals surface area contributed by atoms with Crippen LogP contribution in [0.4, 0.5) is 0 Å². The first-order valence-corrected chi connectivity index (χ1v) is 4.81. The van der Waals surface area contributed by atoms with E-state index in [4.69, 9.17) is 4.42 Å². The highest BCUT2D eigenvalue weighted by Crippen LogP contribution is 2.27. The highest BCUT2D eigenvalue weighted by molar-refractivity contribution is 8.00. The van der Waals surface area contributed by atoms with E-state index in [2.05, 4.69) is 4.74 Å². The number of esters is 1. The third kappa shape index (κ3) is 2.52. The standard InChI is InChI=1S/C9H12O3S/c1-6-8(4-5-12-6)13-7(2)9(10)11-3/h4-5,7H,1-3H3. The Balaban J connectivity index is 2.59. The summed E-state index contributed by atoms with van der Waals surface area (Å²) in [6, 6.07) is 1.85. The Kier molecular flexibility index (Phi) is 3.42. The molecule has 0 saturated carbocycles. The zero-order valence-electron chi connectivity index (χ0n) is 7.87. The highest BCUT2D eigenvalue weighted by atomic mass is 32.2. The fourth-order valence-electron chi connectivity index (χ4n) is 0.900. The SMILES string of the molecule is COC(=O)C(C)Sc1ccoc1C. The van der Waals surface area contributed by atoms with E-state index in [-0.39, 0.29) is 11.2 Å². The van der Waals surface area contributed by atoms with E-state index >= 15 is 0 Å². The number of thioether (sulfide) groups is 1. The maximum absolute atomic E-state index is 11.1. The van der Waals surface area contributed by atoms with Crippen LogP contribution in [0, 0.1) is 6.92 Å². The van der Waals surface area contributed by atoms with Crippen molar-refractivity contribution >= 4 is 17.7 Å². The summed E-state index contributed by atoms with van der Waals surface area (Å²) in [7, 11) is 1.39. The van der Waals surface area contributed by atoms with Gasteiger partial charge in [0.15, 0.2) is 0 Å². The topological polar surface area (TPSA) is 39.4 Å². The summed E-state index contributed by atoms with van der Waals surface area (Å²) >= 11 is 1.44. The third-order valence-electron chi connectivity index (χ3n) is 1.65. The molecule has 0 aliphatic rings. The van der Waals surface area contributed by atoms with E-state index in [1.807, 2.05) is 19.9 Å². The minimum Gasteiger partial charge on any atom is -0.468 e. The number of ether oxygens (including phenoxy) is 1. The van der Waals surface area contributed by atoms with Crippen molar-refractivity contribution in [2.45, 2.75) is 24.0 Å². The predicted molar refractivity (Wildman–Crippen MR) is 50.8 cm³/mol. The molecule has 0 bridgehead atoms. The van der Waals surface area contributed by atoms with Gasteiger partial charge in [-0.25, -0.2) is 0 Å². The largest absolute Gasteiger partial charge is 0.468 e. The molecule has 1 aromatic rings. The summed E-state index contributed by atoms with van der Waals surface area (Å²) in [5, 5.41) is -0.193. The molecule has 0 aromatic carbocycles. The van der Waals surface area contributed by atoms with Crippen molar-refractivity contribution in [1.82, 2.24) is 0 Å². The lowest BCUT2D eigenvalue weighted by molar-refractivity contribution is -0.139. The smallest absolute Gasteiger partial charge is 0.318 e. The first-order valence-electron chi connectivity index (χ1n) is 3.93. The van der Waals surface area contributed by atoms with Crippen molar-refractivity contribution in [3.05, 3.63) is 18.1 Å². The molecule has 0 aliphatic heterocycles. The molecule has 1 heterocycles. The number of rotatable bonds is 3. The van der Waals surface area contributed by atoms with E-state index in [1.165, 1.54) is 18.9 Å². The average Bonchev–Trinajstić information content (AvgIpc) is 2.50. The number of aryl methyl sites for hydroxylation is 1. The van der Waals surface area contributed by atoms with Gasteiger partial charge in [0.05, 0.1) is 13.4 Å². The maximum atomic E-state index is 11.1. The molecule has 1 atom stereocenters. The monoisotopic (exact) mass is 200 g/mol. The minimum absolute atomic E-state index is 0.193. The number of methoxy groups -OCH3 is 1. The molecule has 1 aromatic heterocycles. The van der Waals surface area contributed by atoms with Crippen molar-refractivity contribution < 1.29 is 13.9 Å². The molecule has 0 radical (unpaired) electrons. The summed E-state index contributed by atoms with van der Waals surface area (Å²) in [6.07, 6.45) is 1.61. The molecule has 3 nitrogen and oxygen atoms in total. The van der Waals surface area contributed by atoms with E-state index in [9.17, 15) is 4.79 Å². The summed E-state index contributed by atoms with van der Waals surface area (Å²) in [6.45, 7) is 3.68. The summed E-state index contributed by atoms with van der Waals surface area (Å²) in [4.78, 5) is 12.1. The van der Waals surface area contributed by atoms with Crippen molar-refractivity contribution in [2.75, 3.05) is 7.11 Å². The van der Waals surface area contributed by atoms with Crippen LogP contribution in [0.3, 0.4) is 0 Å². The van der Waals surface area contributed by atoms with Gasteiger partial charge in [0.2, 0.25) is 0 Å². The van der Waals surface area contributed by atoms with Gasteiger partial charge in [-0.15, -0.1) is 11.8 Å². The lowest BCUT2D eigenvalue weighted by Crippen LogP contribution is -2.14. The zero-order chi connectivity index (χ0) is 9.84. The van der Waals surface area contributed by atoms with E-state index < -0.39 is 0 Å². The van der Waals surface area contributed by atoms with Crippen LogP contribution in [-0.4, -0.2) is 18.3 Å². The van der Waals surface area contributed by atoms with Crippen LogP contribution < -0.4 is 0 Å². The molecule has 13 heavy (non-hydrogen) atoms. The molecular weight excluding hydrogens is 188 g/mol. The van der Waals surface area contributed by atoms with Crippen molar-refractivity contribution in [3.63, 3.8) is 0 Å². The maximum Gasteiger partial charge on any atom is 0.318 e. The minimum atomic E-state index is -0.217. The first-order chi connectivity index (χ1) is 6.15. The van der Waals surface area contributed by atoms with Gasteiger partial charge in [-0.1, -0.05) is 0 Å². The van der Waals surface area contributed by atoms with Crippen LogP contribution in [-0.2, 0) is 9.53 Å². The normalized spacial score (nSPS) is 12.5. The Morgan fingerprint density at radius 3 is 2.85 bits per heavy atom. The van der Waals surface area contributed by atoms with E-state index in [1.54, 1.807) is 6.26 Å². The summed E-state index contributed by atoms with van der Waals surface area (Å²) < 4.78 is 9.72.